The van der Waals surface area contributed by atoms with E-state index in [0.29, 0.717) is 54.3 Å². The van der Waals surface area contributed by atoms with Crippen molar-refractivity contribution in [1.82, 2.24) is 20.1 Å². The third-order valence-electron chi connectivity index (χ3n) is 6.68. The molecule has 176 valence electrons. The van der Waals surface area contributed by atoms with Crippen LogP contribution in [0.25, 0.3) is 0 Å². The number of halogens is 2. The predicted molar refractivity (Wildman–Crippen MR) is 131 cm³/mol. The SMILES string of the molecule is O=C(NCCc1ccccn1)C(C1CCCC1)N1CCN(C(=O)c2ccc(Cl)c(Cl)c2)CC1. The Bertz CT molecular complexity index is 958. The highest BCUT2D eigenvalue weighted by Crippen LogP contribution is 2.31. The molecule has 6 nitrogen and oxygen atoms in total. The lowest BCUT2D eigenvalue weighted by atomic mass is 9.95. The quantitative estimate of drug-likeness (QED) is 0.637. The summed E-state index contributed by atoms with van der Waals surface area (Å²) in [6, 6.07) is 10.7. The molecule has 1 atom stereocenters. The average molecular weight is 489 g/mol. The van der Waals surface area contributed by atoms with E-state index in [1.807, 2.05) is 23.1 Å². The van der Waals surface area contributed by atoms with Crippen molar-refractivity contribution in [3.05, 3.63) is 63.9 Å². The van der Waals surface area contributed by atoms with Gasteiger partial charge in [-0.3, -0.25) is 19.5 Å². The first kappa shape index (κ1) is 24.0. The molecule has 2 amide bonds. The molecular weight excluding hydrogens is 459 g/mol. The van der Waals surface area contributed by atoms with Gasteiger partial charge in [0.25, 0.3) is 5.91 Å². The molecule has 8 heteroatoms. The topological polar surface area (TPSA) is 65.5 Å². The summed E-state index contributed by atoms with van der Waals surface area (Å²) in [4.78, 5) is 34.6. The number of pyridine rings is 1. The van der Waals surface area contributed by atoms with Crippen LogP contribution >= 0.6 is 23.2 Å². The number of benzene rings is 1. The van der Waals surface area contributed by atoms with Gasteiger partial charge in [0.05, 0.1) is 16.1 Å². The molecule has 2 aromatic rings. The zero-order chi connectivity index (χ0) is 23.2. The van der Waals surface area contributed by atoms with Gasteiger partial charge in [0.15, 0.2) is 0 Å². The molecule has 0 spiro atoms. The molecule has 1 N–H and O–H groups in total. The Morgan fingerprint density at radius 1 is 1.03 bits per heavy atom. The molecule has 1 aromatic carbocycles. The Morgan fingerprint density at radius 3 is 2.45 bits per heavy atom. The summed E-state index contributed by atoms with van der Waals surface area (Å²) >= 11 is 12.1. The number of amides is 2. The number of nitrogens with zero attached hydrogens (tertiary/aromatic N) is 3. The van der Waals surface area contributed by atoms with Gasteiger partial charge >= 0.3 is 0 Å². The van der Waals surface area contributed by atoms with Crippen LogP contribution < -0.4 is 5.32 Å². The first-order valence-electron chi connectivity index (χ1n) is 11.7. The van der Waals surface area contributed by atoms with E-state index in [-0.39, 0.29) is 17.9 Å². The van der Waals surface area contributed by atoms with Gasteiger partial charge in [-0.05, 0) is 49.1 Å². The van der Waals surface area contributed by atoms with Crippen LogP contribution in [-0.2, 0) is 11.2 Å². The molecule has 1 aromatic heterocycles. The van der Waals surface area contributed by atoms with Crippen molar-refractivity contribution >= 4 is 35.0 Å². The highest BCUT2D eigenvalue weighted by molar-refractivity contribution is 6.42. The maximum atomic E-state index is 13.2. The predicted octanol–water partition coefficient (Wildman–Crippen LogP) is 4.06. The summed E-state index contributed by atoms with van der Waals surface area (Å²) < 4.78 is 0. The number of aromatic nitrogens is 1. The van der Waals surface area contributed by atoms with Crippen molar-refractivity contribution < 1.29 is 9.59 Å². The van der Waals surface area contributed by atoms with E-state index in [2.05, 4.69) is 15.2 Å². The first-order valence-corrected chi connectivity index (χ1v) is 12.4. The number of rotatable bonds is 7. The van der Waals surface area contributed by atoms with Crippen molar-refractivity contribution in [3.8, 4) is 0 Å². The minimum absolute atomic E-state index is 0.0505. The van der Waals surface area contributed by atoms with E-state index in [9.17, 15) is 9.59 Å². The lowest BCUT2D eigenvalue weighted by molar-refractivity contribution is -0.129. The molecule has 2 heterocycles. The zero-order valence-electron chi connectivity index (χ0n) is 18.7. The summed E-state index contributed by atoms with van der Waals surface area (Å²) in [6.45, 7) is 3.12. The van der Waals surface area contributed by atoms with E-state index >= 15 is 0 Å². The van der Waals surface area contributed by atoms with E-state index in [0.717, 1.165) is 25.0 Å². The summed E-state index contributed by atoms with van der Waals surface area (Å²) in [5.41, 5.74) is 1.52. The number of hydrogen-bond donors (Lipinski definition) is 1. The van der Waals surface area contributed by atoms with Crippen LogP contribution in [0.1, 0.15) is 41.7 Å². The molecule has 2 fully saturated rings. The highest BCUT2D eigenvalue weighted by Gasteiger charge is 2.37. The fourth-order valence-electron chi connectivity index (χ4n) is 4.93. The van der Waals surface area contributed by atoms with Gasteiger partial charge in [-0.25, -0.2) is 0 Å². The molecule has 1 aliphatic carbocycles. The first-order chi connectivity index (χ1) is 16.0. The fourth-order valence-corrected chi connectivity index (χ4v) is 5.23. The van der Waals surface area contributed by atoms with Crippen LogP contribution in [0.5, 0.6) is 0 Å². The Hall–Kier alpha value is -2.15. The van der Waals surface area contributed by atoms with Crippen LogP contribution in [0.15, 0.2) is 42.6 Å². The average Bonchev–Trinajstić information content (AvgIpc) is 3.36. The van der Waals surface area contributed by atoms with Crippen LogP contribution in [0.2, 0.25) is 10.0 Å². The molecule has 4 rings (SSSR count). The van der Waals surface area contributed by atoms with Crippen molar-refractivity contribution in [1.29, 1.82) is 0 Å². The number of hydrogen-bond acceptors (Lipinski definition) is 4. The third-order valence-corrected chi connectivity index (χ3v) is 7.42. The van der Waals surface area contributed by atoms with E-state index in [1.165, 1.54) is 12.8 Å². The largest absolute Gasteiger partial charge is 0.354 e. The van der Waals surface area contributed by atoms with Crippen LogP contribution in [0, 0.1) is 5.92 Å². The van der Waals surface area contributed by atoms with E-state index in [4.69, 9.17) is 23.2 Å². The molecule has 0 bridgehead atoms. The monoisotopic (exact) mass is 488 g/mol. The summed E-state index contributed by atoms with van der Waals surface area (Å²) in [6.07, 6.45) is 7.02. The lowest BCUT2D eigenvalue weighted by Gasteiger charge is -2.40. The van der Waals surface area contributed by atoms with Crippen molar-refractivity contribution in [3.63, 3.8) is 0 Å². The van der Waals surface area contributed by atoms with E-state index < -0.39 is 0 Å². The fraction of sp³-hybridized carbons (Fsp3) is 0.480. The van der Waals surface area contributed by atoms with E-state index in [1.54, 1.807) is 24.4 Å². The number of piperazine rings is 1. The minimum atomic E-state index is -0.140. The number of carbonyl (C=O) groups is 2. The summed E-state index contributed by atoms with van der Waals surface area (Å²) in [7, 11) is 0. The second kappa shape index (κ2) is 11.3. The smallest absolute Gasteiger partial charge is 0.253 e. The van der Waals surface area contributed by atoms with Gasteiger partial charge < -0.3 is 10.2 Å². The molecule has 33 heavy (non-hydrogen) atoms. The Labute approximate surface area is 205 Å². The zero-order valence-corrected chi connectivity index (χ0v) is 20.2. The summed E-state index contributed by atoms with van der Waals surface area (Å²) in [5, 5.41) is 3.96. The van der Waals surface area contributed by atoms with Crippen LogP contribution in [0.4, 0.5) is 0 Å². The Balaban J connectivity index is 1.35. The molecule has 1 aliphatic heterocycles. The second-order valence-corrected chi connectivity index (χ2v) is 9.62. The van der Waals surface area contributed by atoms with Gasteiger partial charge in [-0.15, -0.1) is 0 Å². The Kier molecular flexibility index (Phi) is 8.23. The van der Waals surface area contributed by atoms with Gasteiger partial charge in [0.1, 0.15) is 0 Å². The molecule has 2 aliphatic rings. The normalized spacial score (nSPS) is 18.3. The van der Waals surface area contributed by atoms with Gasteiger partial charge in [-0.1, -0.05) is 42.1 Å². The molecule has 1 unspecified atom stereocenters. The van der Waals surface area contributed by atoms with Gasteiger partial charge in [0.2, 0.25) is 5.91 Å². The number of carbonyl (C=O) groups excluding carboxylic acids is 2. The van der Waals surface area contributed by atoms with Crippen molar-refractivity contribution in [2.75, 3.05) is 32.7 Å². The summed E-state index contributed by atoms with van der Waals surface area (Å²) in [5.74, 6) is 0.421. The van der Waals surface area contributed by atoms with Gasteiger partial charge in [0, 0.05) is 56.6 Å². The molecule has 1 saturated carbocycles. The molecule has 0 radical (unpaired) electrons. The van der Waals surface area contributed by atoms with Crippen molar-refractivity contribution in [2.24, 2.45) is 5.92 Å². The molecule has 1 saturated heterocycles. The second-order valence-electron chi connectivity index (χ2n) is 8.81. The third kappa shape index (κ3) is 6.05. The Morgan fingerprint density at radius 2 is 1.79 bits per heavy atom. The molecular formula is C25H30Cl2N4O2. The lowest BCUT2D eigenvalue weighted by Crippen LogP contribution is -2.58. The van der Waals surface area contributed by atoms with Crippen molar-refractivity contribution in [2.45, 2.75) is 38.1 Å². The maximum Gasteiger partial charge on any atom is 0.253 e. The number of nitrogens with one attached hydrogen (secondary N) is 1. The standard InChI is InChI=1S/C25H30Cl2N4O2/c26-21-9-8-19(17-22(21)27)25(33)31-15-13-30(14-16-31)23(18-5-1-2-6-18)24(32)29-12-10-20-7-3-4-11-28-20/h3-4,7-9,11,17-18,23H,1-2,5-6,10,12-16H2,(H,29,32). The minimum Gasteiger partial charge on any atom is -0.354 e. The maximum absolute atomic E-state index is 13.2. The highest BCUT2D eigenvalue weighted by atomic mass is 35.5. The van der Waals surface area contributed by atoms with Gasteiger partial charge in [-0.2, -0.15) is 0 Å². The van der Waals surface area contributed by atoms with Crippen LogP contribution in [0.3, 0.4) is 0 Å². The van der Waals surface area contributed by atoms with Crippen LogP contribution in [-0.4, -0.2) is 65.4 Å².